The Hall–Kier alpha value is -1.89. The molecule has 1 aliphatic heterocycles. The van der Waals surface area contributed by atoms with Crippen molar-refractivity contribution in [2.75, 3.05) is 5.75 Å². The number of ether oxygens (including phenoxy) is 1. The van der Waals surface area contributed by atoms with Crippen molar-refractivity contribution in [1.82, 2.24) is 0 Å². The largest absolute Gasteiger partial charge is 0.386 e. The lowest BCUT2D eigenvalue weighted by Gasteiger charge is -2.06. The fraction of sp³-hybridized carbons (Fsp3) is 0.200. The van der Waals surface area contributed by atoms with Crippen LogP contribution in [0.1, 0.15) is 27.6 Å². The lowest BCUT2D eigenvalue weighted by Crippen LogP contribution is -2.13. The summed E-state index contributed by atoms with van der Waals surface area (Å²) in [6, 6.07) is 4.08. The smallest absolute Gasteiger partial charge is 0.350 e. The molecule has 0 bridgehead atoms. The Morgan fingerprint density at radius 1 is 1.24 bits per heavy atom. The number of cyclic esters (lactones) is 2. The second-order valence-corrected chi connectivity index (χ2v) is 5.14. The normalized spacial score (nSPS) is 14.4. The first-order valence-corrected chi connectivity index (χ1v) is 6.34. The number of carbonyl (C=O) groups is 2. The fourth-order valence-electron chi connectivity index (χ4n) is 1.37. The zero-order chi connectivity index (χ0) is 12.6. The predicted octanol–water partition coefficient (Wildman–Crippen LogP) is 0.726. The van der Waals surface area contributed by atoms with Crippen molar-refractivity contribution in [2.24, 2.45) is 0 Å². The van der Waals surface area contributed by atoms with Crippen molar-refractivity contribution in [3.8, 4) is 5.75 Å². The summed E-state index contributed by atoms with van der Waals surface area (Å²) < 4.78 is 31.7. The lowest BCUT2D eigenvalue weighted by atomic mass is 10.1. The highest BCUT2D eigenvalue weighted by atomic mass is 32.2. The van der Waals surface area contributed by atoms with Gasteiger partial charge >= 0.3 is 22.1 Å². The molecule has 0 saturated carbocycles. The van der Waals surface area contributed by atoms with Gasteiger partial charge in [0.2, 0.25) is 0 Å². The summed E-state index contributed by atoms with van der Waals surface area (Å²) in [6.07, 6.45) is 0. The monoisotopic (exact) mass is 256 g/mol. The molecule has 0 unspecified atom stereocenters. The molecule has 0 radical (unpaired) electrons. The Morgan fingerprint density at radius 2 is 1.94 bits per heavy atom. The molecule has 0 N–H and O–H groups in total. The molecule has 17 heavy (non-hydrogen) atoms. The minimum absolute atomic E-state index is 0.0128. The molecule has 1 heterocycles. The minimum Gasteiger partial charge on any atom is -0.386 e. The van der Waals surface area contributed by atoms with Gasteiger partial charge in [-0.05, 0) is 19.1 Å². The molecule has 0 spiro atoms. The number of hydrogen-bond donors (Lipinski definition) is 0. The van der Waals surface area contributed by atoms with Gasteiger partial charge in [-0.15, -0.1) is 0 Å². The average molecular weight is 256 g/mol. The number of hydrogen-bond acceptors (Lipinski definition) is 6. The Morgan fingerprint density at radius 3 is 2.59 bits per heavy atom. The molecule has 0 aliphatic carbocycles. The zero-order valence-electron chi connectivity index (χ0n) is 8.80. The summed E-state index contributed by atoms with van der Waals surface area (Å²) >= 11 is 0. The van der Waals surface area contributed by atoms with E-state index in [9.17, 15) is 18.0 Å². The Kier molecular flexibility index (Phi) is 2.62. The van der Waals surface area contributed by atoms with E-state index in [0.717, 1.165) is 0 Å². The van der Waals surface area contributed by atoms with Gasteiger partial charge in [-0.2, -0.15) is 8.42 Å². The van der Waals surface area contributed by atoms with E-state index in [1.807, 2.05) is 0 Å². The molecule has 0 saturated heterocycles. The topological polar surface area (TPSA) is 86.7 Å². The fourth-order valence-corrected chi connectivity index (χ4v) is 1.90. The highest BCUT2D eigenvalue weighted by Crippen LogP contribution is 2.29. The maximum Gasteiger partial charge on any atom is 0.350 e. The Bertz CT molecular complexity index is 601. The molecule has 0 aromatic heterocycles. The van der Waals surface area contributed by atoms with Crippen molar-refractivity contribution < 1.29 is 26.9 Å². The van der Waals surface area contributed by atoms with Gasteiger partial charge in [-0.1, -0.05) is 6.07 Å². The lowest BCUT2D eigenvalue weighted by molar-refractivity contribution is 0.0443. The predicted molar refractivity (Wildman–Crippen MR) is 56.3 cm³/mol. The Labute approximate surface area is 97.3 Å². The Balaban J connectivity index is 2.52. The van der Waals surface area contributed by atoms with Crippen LogP contribution in [0.3, 0.4) is 0 Å². The van der Waals surface area contributed by atoms with E-state index in [1.54, 1.807) is 0 Å². The van der Waals surface area contributed by atoms with E-state index < -0.39 is 22.1 Å². The molecule has 1 aliphatic rings. The van der Waals surface area contributed by atoms with Crippen LogP contribution in [0.25, 0.3) is 0 Å². The number of carbonyl (C=O) groups excluding carboxylic acids is 2. The molecule has 2 rings (SSSR count). The summed E-state index contributed by atoms with van der Waals surface area (Å²) in [5.74, 6) is -2.11. The molecule has 0 atom stereocenters. The van der Waals surface area contributed by atoms with Gasteiger partial charge in [-0.3, -0.25) is 0 Å². The minimum atomic E-state index is -3.75. The highest BCUT2D eigenvalue weighted by Gasteiger charge is 2.34. The third-order valence-corrected chi connectivity index (χ3v) is 3.35. The van der Waals surface area contributed by atoms with Crippen molar-refractivity contribution in [1.29, 1.82) is 0 Å². The summed E-state index contributed by atoms with van der Waals surface area (Å²) in [4.78, 5) is 22.6. The van der Waals surface area contributed by atoms with Gasteiger partial charge in [-0.25, -0.2) is 9.59 Å². The van der Waals surface area contributed by atoms with Gasteiger partial charge in [0.05, 0.1) is 11.3 Å². The molecule has 6 nitrogen and oxygen atoms in total. The summed E-state index contributed by atoms with van der Waals surface area (Å²) in [7, 11) is -3.75. The molecule has 1 aromatic rings. The van der Waals surface area contributed by atoms with E-state index in [2.05, 4.69) is 4.74 Å². The van der Waals surface area contributed by atoms with E-state index >= 15 is 0 Å². The van der Waals surface area contributed by atoms with E-state index in [0.29, 0.717) is 0 Å². The SMILES string of the molecule is CCS(=O)(=O)Oc1cccc2c1C(=O)OC2=O. The quantitative estimate of drug-likeness (QED) is 0.450. The van der Waals surface area contributed by atoms with Crippen LogP contribution in [-0.4, -0.2) is 26.1 Å². The van der Waals surface area contributed by atoms with Crippen LogP contribution >= 0.6 is 0 Å². The summed E-state index contributed by atoms with van der Waals surface area (Å²) in [5.41, 5.74) is -0.131. The highest BCUT2D eigenvalue weighted by molar-refractivity contribution is 7.87. The first-order chi connectivity index (χ1) is 7.94. The van der Waals surface area contributed by atoms with Crippen LogP contribution in [-0.2, 0) is 14.9 Å². The first kappa shape index (κ1) is 11.6. The molecular formula is C10H8O6S. The second-order valence-electron chi connectivity index (χ2n) is 3.29. The van der Waals surface area contributed by atoms with Crippen LogP contribution in [0.4, 0.5) is 0 Å². The van der Waals surface area contributed by atoms with E-state index in [4.69, 9.17) is 4.18 Å². The number of esters is 2. The van der Waals surface area contributed by atoms with Crippen molar-refractivity contribution in [2.45, 2.75) is 6.92 Å². The van der Waals surface area contributed by atoms with Gasteiger partial charge < -0.3 is 8.92 Å². The maximum absolute atomic E-state index is 11.4. The van der Waals surface area contributed by atoms with Gasteiger partial charge in [0.15, 0.2) is 5.75 Å². The van der Waals surface area contributed by atoms with Crippen LogP contribution in [0.2, 0.25) is 0 Å². The molecular weight excluding hydrogens is 248 g/mol. The van der Waals surface area contributed by atoms with E-state index in [1.165, 1.54) is 25.1 Å². The van der Waals surface area contributed by atoms with Crippen molar-refractivity contribution in [3.63, 3.8) is 0 Å². The van der Waals surface area contributed by atoms with Crippen molar-refractivity contribution in [3.05, 3.63) is 29.3 Å². The van der Waals surface area contributed by atoms with Crippen LogP contribution in [0, 0.1) is 0 Å². The molecule has 90 valence electrons. The van der Waals surface area contributed by atoms with Crippen LogP contribution < -0.4 is 4.18 Å². The van der Waals surface area contributed by atoms with E-state index in [-0.39, 0.29) is 22.6 Å². The van der Waals surface area contributed by atoms with Gasteiger partial charge in [0.25, 0.3) is 0 Å². The third-order valence-electron chi connectivity index (χ3n) is 2.21. The standard InChI is InChI=1S/C10H8O6S/c1-2-17(13,14)16-7-5-3-4-6-8(7)10(12)15-9(6)11/h3-5H,2H2,1H3. The zero-order valence-corrected chi connectivity index (χ0v) is 9.61. The van der Waals surface area contributed by atoms with Gasteiger partial charge in [0, 0.05) is 0 Å². The molecule has 0 amide bonds. The summed E-state index contributed by atoms with van der Waals surface area (Å²) in [5, 5.41) is 0. The van der Waals surface area contributed by atoms with Crippen molar-refractivity contribution >= 4 is 22.1 Å². The van der Waals surface area contributed by atoms with Crippen LogP contribution in [0.15, 0.2) is 18.2 Å². The molecule has 1 aromatic carbocycles. The third kappa shape index (κ3) is 2.01. The molecule has 0 fully saturated rings. The van der Waals surface area contributed by atoms with Gasteiger partial charge in [0.1, 0.15) is 5.56 Å². The number of benzene rings is 1. The number of fused-ring (bicyclic) bond motifs is 1. The maximum atomic E-state index is 11.4. The summed E-state index contributed by atoms with van der Waals surface area (Å²) in [6.45, 7) is 1.40. The second kappa shape index (κ2) is 3.85. The van der Waals surface area contributed by atoms with Crippen LogP contribution in [0.5, 0.6) is 5.75 Å². The molecule has 7 heteroatoms. The first-order valence-electron chi connectivity index (χ1n) is 4.76. The average Bonchev–Trinajstić information content (AvgIpc) is 2.55. The number of rotatable bonds is 3.